The summed E-state index contributed by atoms with van der Waals surface area (Å²) in [6, 6.07) is -1.00. The van der Waals surface area contributed by atoms with Gasteiger partial charge < -0.3 is 9.47 Å². The summed E-state index contributed by atoms with van der Waals surface area (Å²) >= 11 is 0. The fraction of sp³-hybridized carbons (Fsp3) is 0.778. The van der Waals surface area contributed by atoms with Gasteiger partial charge in [0.15, 0.2) is 0 Å². The van der Waals surface area contributed by atoms with Crippen molar-refractivity contribution in [2.45, 2.75) is 24.9 Å². The predicted molar refractivity (Wildman–Crippen MR) is 57.1 cm³/mol. The molecule has 1 fully saturated rings. The Labute approximate surface area is 98.1 Å². The Morgan fingerprint density at radius 2 is 2.06 bits per heavy atom. The normalized spacial score (nSPS) is 23.5. The maximum atomic E-state index is 11.5. The highest BCUT2D eigenvalue weighted by Gasteiger charge is 2.36. The number of rotatable bonds is 2. The van der Waals surface area contributed by atoms with Crippen molar-refractivity contribution in [3.05, 3.63) is 10.4 Å². The first kappa shape index (κ1) is 13.1. The van der Waals surface area contributed by atoms with Gasteiger partial charge in [0.2, 0.25) is 0 Å². The van der Waals surface area contributed by atoms with E-state index in [9.17, 15) is 9.59 Å². The van der Waals surface area contributed by atoms with Crippen LogP contribution in [0.4, 0.5) is 4.79 Å². The van der Waals surface area contributed by atoms with Gasteiger partial charge in [-0.3, -0.25) is 4.90 Å². The van der Waals surface area contributed by atoms with Gasteiger partial charge >= 0.3 is 12.1 Å². The lowest BCUT2D eigenvalue weighted by molar-refractivity contribution is -0.147. The molecular weight excluding hydrogens is 228 g/mol. The Morgan fingerprint density at radius 1 is 1.35 bits per heavy atom. The number of piperidine rings is 1. The van der Waals surface area contributed by atoms with Gasteiger partial charge in [-0.1, -0.05) is 5.11 Å². The summed E-state index contributed by atoms with van der Waals surface area (Å²) in [6.45, 7) is 0.163. The number of carbonyl (C=O) groups excluding carboxylic acids is 2. The van der Waals surface area contributed by atoms with E-state index < -0.39 is 18.1 Å². The molecule has 1 heterocycles. The molecule has 0 aromatic carbocycles. The summed E-state index contributed by atoms with van der Waals surface area (Å²) in [5.74, 6) is -0.491. The van der Waals surface area contributed by atoms with Crippen LogP contribution in [-0.4, -0.2) is 49.8 Å². The number of carbonyl (C=O) groups is 2. The van der Waals surface area contributed by atoms with Crippen molar-refractivity contribution < 1.29 is 19.1 Å². The SMILES string of the molecule is COC(=O)[C@@H]1CC[C@@H](N=[N+]=[N-])CN1C(=O)OC. The molecule has 0 aromatic rings. The molecule has 0 unspecified atom stereocenters. The van der Waals surface area contributed by atoms with Gasteiger partial charge in [-0.15, -0.1) is 0 Å². The Bertz CT molecular complexity index is 353. The number of hydrogen-bond donors (Lipinski definition) is 0. The maximum Gasteiger partial charge on any atom is 0.410 e. The summed E-state index contributed by atoms with van der Waals surface area (Å²) in [4.78, 5) is 26.9. The Kier molecular flexibility index (Phi) is 4.59. The molecule has 0 radical (unpaired) electrons. The van der Waals surface area contributed by atoms with Crippen LogP contribution in [0.15, 0.2) is 5.11 Å². The quantitative estimate of drug-likeness (QED) is 0.312. The summed E-state index contributed by atoms with van der Waals surface area (Å²) in [6.07, 6.45) is 0.307. The van der Waals surface area contributed by atoms with Crippen LogP contribution >= 0.6 is 0 Å². The van der Waals surface area contributed by atoms with Gasteiger partial charge in [0.1, 0.15) is 6.04 Å². The molecule has 1 amide bonds. The fourth-order valence-electron chi connectivity index (χ4n) is 1.82. The highest BCUT2D eigenvalue weighted by atomic mass is 16.5. The van der Waals surface area contributed by atoms with Gasteiger partial charge in [-0.2, -0.15) is 0 Å². The molecule has 8 nitrogen and oxygen atoms in total. The molecule has 0 aliphatic carbocycles. The minimum atomic E-state index is -0.669. The van der Waals surface area contributed by atoms with Gasteiger partial charge in [0.05, 0.1) is 20.3 Å². The van der Waals surface area contributed by atoms with Gasteiger partial charge in [-0.05, 0) is 18.4 Å². The van der Waals surface area contributed by atoms with Crippen molar-refractivity contribution in [1.29, 1.82) is 0 Å². The largest absolute Gasteiger partial charge is 0.467 e. The number of amides is 1. The molecule has 1 saturated heterocycles. The van der Waals surface area contributed by atoms with Crippen LogP contribution in [0.2, 0.25) is 0 Å². The number of esters is 1. The standard InChI is InChI=1S/C9H14N4O4/c1-16-8(14)7-4-3-6(11-12-10)5-13(7)9(15)17-2/h6-7H,3-5H2,1-2H3/t6-,7+/m1/s1. The molecule has 0 spiro atoms. The van der Waals surface area contributed by atoms with Crippen LogP contribution in [-0.2, 0) is 14.3 Å². The number of hydrogen-bond acceptors (Lipinski definition) is 5. The minimum absolute atomic E-state index is 0.163. The number of methoxy groups -OCH3 is 2. The zero-order valence-electron chi connectivity index (χ0n) is 9.70. The maximum absolute atomic E-state index is 11.5. The fourth-order valence-corrected chi connectivity index (χ4v) is 1.82. The summed E-state index contributed by atoms with van der Waals surface area (Å²) in [5, 5.41) is 3.55. The van der Waals surface area contributed by atoms with E-state index in [1.807, 2.05) is 0 Å². The highest BCUT2D eigenvalue weighted by Crippen LogP contribution is 2.21. The van der Waals surface area contributed by atoms with E-state index in [1.54, 1.807) is 0 Å². The van der Waals surface area contributed by atoms with E-state index in [0.29, 0.717) is 12.8 Å². The first-order valence-electron chi connectivity index (χ1n) is 5.10. The Morgan fingerprint density at radius 3 is 2.59 bits per heavy atom. The average Bonchev–Trinajstić information content (AvgIpc) is 2.37. The van der Waals surface area contributed by atoms with Crippen molar-refractivity contribution in [3.8, 4) is 0 Å². The zero-order chi connectivity index (χ0) is 12.8. The first-order chi connectivity index (χ1) is 8.13. The van der Waals surface area contributed by atoms with Crippen molar-refractivity contribution in [3.63, 3.8) is 0 Å². The summed E-state index contributed by atoms with van der Waals surface area (Å²) in [7, 11) is 2.49. The molecule has 2 atom stereocenters. The van der Waals surface area contributed by atoms with Crippen molar-refractivity contribution >= 4 is 12.1 Å². The Hall–Kier alpha value is -1.95. The predicted octanol–water partition coefficient (Wildman–Crippen LogP) is 1.07. The third kappa shape index (κ3) is 3.01. The number of nitrogens with zero attached hydrogens (tertiary/aromatic N) is 4. The van der Waals surface area contributed by atoms with Gasteiger partial charge in [-0.25, -0.2) is 9.59 Å². The van der Waals surface area contributed by atoms with Crippen LogP contribution in [0.1, 0.15) is 12.8 Å². The summed E-state index contributed by atoms with van der Waals surface area (Å²) < 4.78 is 9.20. The van der Waals surface area contributed by atoms with Crippen LogP contribution < -0.4 is 0 Å². The van der Waals surface area contributed by atoms with E-state index in [2.05, 4.69) is 19.5 Å². The molecule has 0 N–H and O–H groups in total. The van der Waals surface area contributed by atoms with Crippen molar-refractivity contribution in [2.75, 3.05) is 20.8 Å². The van der Waals surface area contributed by atoms with E-state index >= 15 is 0 Å². The lowest BCUT2D eigenvalue weighted by Crippen LogP contribution is -2.52. The molecule has 94 valence electrons. The average molecular weight is 242 g/mol. The molecule has 8 heteroatoms. The molecule has 1 rings (SSSR count). The monoisotopic (exact) mass is 242 g/mol. The van der Waals surface area contributed by atoms with E-state index in [-0.39, 0.29) is 12.6 Å². The molecule has 1 aliphatic heterocycles. The molecule has 1 aliphatic rings. The first-order valence-corrected chi connectivity index (χ1v) is 5.10. The third-order valence-corrected chi connectivity index (χ3v) is 2.65. The highest BCUT2D eigenvalue weighted by molar-refractivity contribution is 5.81. The topological polar surface area (TPSA) is 105 Å². The second-order valence-corrected chi connectivity index (χ2v) is 3.60. The zero-order valence-corrected chi connectivity index (χ0v) is 9.70. The molecule has 0 bridgehead atoms. The van der Waals surface area contributed by atoms with Gasteiger partial charge in [0, 0.05) is 11.5 Å². The van der Waals surface area contributed by atoms with E-state index in [1.165, 1.54) is 19.1 Å². The van der Waals surface area contributed by atoms with Crippen LogP contribution in [0.3, 0.4) is 0 Å². The molecule has 0 aromatic heterocycles. The van der Waals surface area contributed by atoms with E-state index in [4.69, 9.17) is 5.53 Å². The molecule has 0 saturated carbocycles. The Balaban J connectivity index is 2.82. The molecular formula is C9H14N4O4. The number of azide groups is 1. The third-order valence-electron chi connectivity index (χ3n) is 2.65. The smallest absolute Gasteiger partial charge is 0.410 e. The second-order valence-electron chi connectivity index (χ2n) is 3.60. The number of ether oxygens (including phenoxy) is 2. The summed E-state index contributed by atoms with van der Waals surface area (Å²) in [5.41, 5.74) is 8.35. The van der Waals surface area contributed by atoms with Crippen LogP contribution in [0.25, 0.3) is 10.4 Å². The minimum Gasteiger partial charge on any atom is -0.467 e. The number of likely N-dealkylation sites (tertiary alicyclic amines) is 1. The molecule has 17 heavy (non-hydrogen) atoms. The van der Waals surface area contributed by atoms with E-state index in [0.717, 1.165) is 0 Å². The van der Waals surface area contributed by atoms with Crippen LogP contribution in [0.5, 0.6) is 0 Å². The lowest BCUT2D eigenvalue weighted by atomic mass is 9.99. The van der Waals surface area contributed by atoms with Crippen molar-refractivity contribution in [1.82, 2.24) is 4.90 Å². The lowest BCUT2D eigenvalue weighted by Gasteiger charge is -2.35. The second kappa shape index (κ2) is 5.95. The van der Waals surface area contributed by atoms with Crippen molar-refractivity contribution in [2.24, 2.45) is 5.11 Å². The van der Waals surface area contributed by atoms with Crippen LogP contribution in [0, 0.1) is 0 Å². The van der Waals surface area contributed by atoms with Gasteiger partial charge in [0.25, 0.3) is 0 Å².